The Morgan fingerprint density at radius 1 is 0.554 bits per heavy atom. The van der Waals surface area contributed by atoms with Gasteiger partial charge in [0.25, 0.3) is 0 Å². The van der Waals surface area contributed by atoms with Gasteiger partial charge in [-0.3, -0.25) is 23.2 Å². The fourth-order valence-corrected chi connectivity index (χ4v) is 7.39. The molecule has 0 aromatic rings. The zero-order chi connectivity index (χ0) is 48.3. The average Bonchev–Trinajstić information content (AvgIpc) is 3.25. The minimum atomic E-state index is -4.88. The molecule has 0 aromatic heterocycles. The van der Waals surface area contributed by atoms with Crippen molar-refractivity contribution >= 4 is 27.6 Å². The van der Waals surface area contributed by atoms with E-state index in [0.29, 0.717) is 25.7 Å². The summed E-state index contributed by atoms with van der Waals surface area (Å²) in [5.41, 5.74) is 0. The Balaban J connectivity index is 4.60. The lowest BCUT2D eigenvalue weighted by Gasteiger charge is -2.20. The molecule has 0 fully saturated rings. The number of hydrogen-bond donors (Lipinski definition) is 5. The zero-order valence-electron chi connectivity index (χ0n) is 39.8. The van der Waals surface area contributed by atoms with E-state index in [-0.39, 0.29) is 12.8 Å². The molecule has 4 atom stereocenters. The van der Waals surface area contributed by atoms with Gasteiger partial charge in [-0.2, -0.15) is 0 Å². The SMILES string of the molecule is CC/C=C\CC(O)/C=C/C=C/C/C=C\C/C=C\C/C=C\CCC(=O)O[C@H](COC(=O)CCCCCCCCCCCCCCCCCC(C)C)COP(=O)(O)OC[C@@H](O)COP(=O)(O)O. The van der Waals surface area contributed by atoms with Crippen LogP contribution < -0.4 is 0 Å². The van der Waals surface area contributed by atoms with E-state index in [1.54, 1.807) is 6.08 Å². The first-order chi connectivity index (χ1) is 31.1. The summed E-state index contributed by atoms with van der Waals surface area (Å²) in [7, 11) is -9.72. The summed E-state index contributed by atoms with van der Waals surface area (Å²) in [5.74, 6) is -0.338. The number of carbonyl (C=O) groups excluding carboxylic acids is 2. The first kappa shape index (κ1) is 62.5. The first-order valence-electron chi connectivity index (χ1n) is 24.1. The molecule has 0 bridgehead atoms. The van der Waals surface area contributed by atoms with Gasteiger partial charge < -0.3 is 34.4 Å². The lowest BCUT2D eigenvalue weighted by atomic mass is 10.0. The van der Waals surface area contributed by atoms with Gasteiger partial charge in [-0.1, -0.05) is 190 Å². The van der Waals surface area contributed by atoms with Crippen LogP contribution in [0.5, 0.6) is 0 Å². The van der Waals surface area contributed by atoms with Crippen molar-refractivity contribution in [3.63, 3.8) is 0 Å². The Bertz CT molecular complexity index is 1450. The second kappa shape index (κ2) is 42.8. The molecule has 0 amide bonds. The highest BCUT2D eigenvalue weighted by Gasteiger charge is 2.28. The summed E-state index contributed by atoms with van der Waals surface area (Å²) in [6, 6.07) is 0. The summed E-state index contributed by atoms with van der Waals surface area (Å²) in [5, 5.41) is 19.6. The molecule has 0 aliphatic carbocycles. The van der Waals surface area contributed by atoms with Crippen LogP contribution >= 0.6 is 15.6 Å². The Morgan fingerprint density at radius 2 is 1.06 bits per heavy atom. The number of phosphoric ester groups is 2. The summed E-state index contributed by atoms with van der Waals surface area (Å²) in [4.78, 5) is 52.8. The number of hydrogen-bond acceptors (Lipinski definition) is 11. The minimum Gasteiger partial charge on any atom is -0.462 e. The highest BCUT2D eigenvalue weighted by Crippen LogP contribution is 2.43. The summed E-state index contributed by atoms with van der Waals surface area (Å²) < 4.78 is 47.8. The van der Waals surface area contributed by atoms with Crippen LogP contribution in [-0.2, 0) is 41.8 Å². The number of rotatable bonds is 44. The summed E-state index contributed by atoms with van der Waals surface area (Å²) >= 11 is 0. The fourth-order valence-electron chi connectivity index (χ4n) is 6.23. The molecule has 5 N–H and O–H groups in total. The van der Waals surface area contributed by atoms with E-state index in [1.807, 2.05) is 54.7 Å². The van der Waals surface area contributed by atoms with E-state index < -0.39 is 72.3 Å². The van der Waals surface area contributed by atoms with E-state index >= 15 is 0 Å². The molecule has 0 saturated heterocycles. The fraction of sp³-hybridized carbons (Fsp3) is 0.714. The quantitative estimate of drug-likeness (QED) is 0.0126. The van der Waals surface area contributed by atoms with E-state index in [4.69, 9.17) is 23.8 Å². The minimum absolute atomic E-state index is 0.0111. The lowest BCUT2D eigenvalue weighted by Crippen LogP contribution is -2.29. The number of phosphoric acid groups is 2. The Labute approximate surface area is 391 Å². The third-order valence-electron chi connectivity index (χ3n) is 9.87. The van der Waals surface area contributed by atoms with Crippen molar-refractivity contribution in [2.24, 2.45) is 5.92 Å². The highest BCUT2D eigenvalue weighted by atomic mass is 31.2. The van der Waals surface area contributed by atoms with E-state index in [0.717, 1.165) is 44.4 Å². The monoisotopic (exact) mass is 961 g/mol. The van der Waals surface area contributed by atoms with Crippen molar-refractivity contribution in [3.8, 4) is 0 Å². The Kier molecular flexibility index (Phi) is 41.2. The molecule has 0 radical (unpaired) electrons. The van der Waals surface area contributed by atoms with Gasteiger partial charge in [-0.25, -0.2) is 9.13 Å². The lowest BCUT2D eigenvalue weighted by molar-refractivity contribution is -0.161. The topological polar surface area (TPSA) is 216 Å². The van der Waals surface area contributed by atoms with Crippen LogP contribution in [0.4, 0.5) is 0 Å². The third-order valence-corrected chi connectivity index (χ3v) is 11.3. The third kappa shape index (κ3) is 47.8. The molecular formula is C49H86O14P2. The van der Waals surface area contributed by atoms with Crippen molar-refractivity contribution in [2.45, 2.75) is 193 Å². The van der Waals surface area contributed by atoms with Gasteiger partial charge in [0.15, 0.2) is 6.10 Å². The second-order valence-electron chi connectivity index (χ2n) is 16.7. The Hall–Kier alpha value is -2.48. The number of unbranched alkanes of at least 4 members (excludes halogenated alkanes) is 14. The number of carbonyl (C=O) groups is 2. The number of ether oxygens (including phenoxy) is 2. The molecule has 0 spiro atoms. The van der Waals surface area contributed by atoms with Crippen LogP contribution in [0.25, 0.3) is 0 Å². The maximum atomic E-state index is 12.7. The van der Waals surface area contributed by atoms with Crippen molar-refractivity contribution < 1.29 is 66.7 Å². The zero-order valence-corrected chi connectivity index (χ0v) is 41.6. The van der Waals surface area contributed by atoms with Crippen LogP contribution in [0.15, 0.2) is 72.9 Å². The molecule has 2 unspecified atom stereocenters. The largest absolute Gasteiger partial charge is 0.472 e. The maximum Gasteiger partial charge on any atom is 0.472 e. The molecule has 0 rings (SSSR count). The summed E-state index contributed by atoms with van der Waals surface area (Å²) in [6.45, 7) is 3.81. The molecule has 65 heavy (non-hydrogen) atoms. The highest BCUT2D eigenvalue weighted by molar-refractivity contribution is 7.47. The molecular weight excluding hydrogens is 874 g/mol. The molecule has 376 valence electrons. The smallest absolute Gasteiger partial charge is 0.462 e. The molecule has 16 heteroatoms. The maximum absolute atomic E-state index is 12.7. The number of esters is 2. The van der Waals surface area contributed by atoms with E-state index in [1.165, 1.54) is 77.0 Å². The van der Waals surface area contributed by atoms with Gasteiger partial charge in [0.2, 0.25) is 0 Å². The predicted molar refractivity (Wildman–Crippen MR) is 259 cm³/mol. The van der Waals surface area contributed by atoms with Crippen molar-refractivity contribution in [3.05, 3.63) is 72.9 Å². The summed E-state index contributed by atoms with van der Waals surface area (Å²) in [6.07, 6.45) is 43.8. The van der Waals surface area contributed by atoms with Gasteiger partial charge in [0, 0.05) is 12.8 Å². The predicted octanol–water partition coefficient (Wildman–Crippen LogP) is 11.8. The van der Waals surface area contributed by atoms with Crippen LogP contribution in [0.1, 0.15) is 175 Å². The normalized spacial score (nSPS) is 15.1. The number of allylic oxidation sites excluding steroid dienone is 10. The molecule has 0 aliphatic heterocycles. The second-order valence-corrected chi connectivity index (χ2v) is 19.4. The van der Waals surface area contributed by atoms with E-state index in [2.05, 4.69) is 42.0 Å². The van der Waals surface area contributed by atoms with Gasteiger partial charge in [-0.05, 0) is 50.9 Å². The molecule has 0 heterocycles. The van der Waals surface area contributed by atoms with Crippen LogP contribution in [0.3, 0.4) is 0 Å². The van der Waals surface area contributed by atoms with Gasteiger partial charge in [-0.15, -0.1) is 0 Å². The standard InChI is InChI=1S/C49H86O14P2/c1-4-5-30-36-45(50)37-32-27-23-19-15-11-9-13-17-21-25-29-34-39-49(53)63-47(43-62-65(57,58)61-41-46(51)40-60-64(54,55)56)42-59-48(52)38-33-28-24-20-16-12-8-6-7-10-14-18-22-26-31-35-44(2)3/h5,11,13,15,17,23,25,27,29-30,32,37,44-47,50-51H,4,6-10,12,14,16,18-22,24,26,28,31,33-36,38-43H2,1-3H3,(H,57,58)(H2,54,55,56)/b15-11-,17-13-,27-23+,29-25-,30-5-,37-32+/t45?,46-,47+/m0/s1. The number of aliphatic hydroxyl groups excluding tert-OH is 2. The van der Waals surface area contributed by atoms with Gasteiger partial charge in [0.1, 0.15) is 12.7 Å². The first-order valence-corrected chi connectivity index (χ1v) is 27.1. The average molecular weight is 961 g/mol. The van der Waals surface area contributed by atoms with E-state index in [9.17, 15) is 33.8 Å². The molecule has 14 nitrogen and oxygen atoms in total. The van der Waals surface area contributed by atoms with Crippen molar-refractivity contribution in [1.82, 2.24) is 0 Å². The Morgan fingerprint density at radius 3 is 1.62 bits per heavy atom. The molecule has 0 aliphatic rings. The molecule has 0 aromatic carbocycles. The van der Waals surface area contributed by atoms with Gasteiger partial charge >= 0.3 is 27.6 Å². The van der Waals surface area contributed by atoms with Gasteiger partial charge in [0.05, 0.1) is 25.9 Å². The van der Waals surface area contributed by atoms with Crippen molar-refractivity contribution in [1.29, 1.82) is 0 Å². The van der Waals surface area contributed by atoms with Crippen molar-refractivity contribution in [2.75, 3.05) is 26.4 Å². The number of aliphatic hydroxyl groups is 2. The van der Waals surface area contributed by atoms with Crippen LogP contribution in [-0.4, -0.2) is 81.6 Å². The van der Waals surface area contributed by atoms with Crippen LogP contribution in [0, 0.1) is 5.92 Å². The molecule has 0 saturated carbocycles. The van der Waals surface area contributed by atoms with Crippen LogP contribution in [0.2, 0.25) is 0 Å².